The number of esters is 1. The van der Waals surface area contributed by atoms with Crippen LogP contribution in [0.25, 0.3) is 0 Å². The van der Waals surface area contributed by atoms with E-state index < -0.39 is 0 Å². The Bertz CT molecular complexity index is 405. The fourth-order valence-electron chi connectivity index (χ4n) is 1.56. The van der Waals surface area contributed by atoms with Gasteiger partial charge in [0.1, 0.15) is 0 Å². The zero-order chi connectivity index (χ0) is 13.1. The fourth-order valence-corrected chi connectivity index (χ4v) is 2.13. The molecule has 0 saturated heterocycles. The number of rotatable bonds is 3. The molecule has 0 atom stereocenters. The van der Waals surface area contributed by atoms with Crippen molar-refractivity contribution in [1.82, 2.24) is 0 Å². The summed E-state index contributed by atoms with van der Waals surface area (Å²) in [6, 6.07) is 6.33. The first-order chi connectivity index (χ1) is 7.84. The second-order valence-corrected chi connectivity index (χ2v) is 5.99. The number of hydrogen-bond acceptors (Lipinski definition) is 2. The van der Waals surface area contributed by atoms with Crippen molar-refractivity contribution in [3.8, 4) is 0 Å². The van der Waals surface area contributed by atoms with Gasteiger partial charge >= 0.3 is 5.97 Å². The maximum atomic E-state index is 11.1. The van der Waals surface area contributed by atoms with Crippen LogP contribution in [-0.2, 0) is 21.4 Å². The van der Waals surface area contributed by atoms with Gasteiger partial charge in [0.15, 0.2) is 0 Å². The first-order valence-corrected chi connectivity index (χ1v) is 6.49. The van der Waals surface area contributed by atoms with Crippen LogP contribution in [0.5, 0.6) is 0 Å². The summed E-state index contributed by atoms with van der Waals surface area (Å²) >= 11 is 3.56. The van der Waals surface area contributed by atoms with E-state index in [2.05, 4.69) is 59.6 Å². The molecule has 94 valence electrons. The van der Waals surface area contributed by atoms with Crippen LogP contribution in [-0.4, -0.2) is 13.1 Å². The Morgan fingerprint density at radius 3 is 2.47 bits per heavy atom. The van der Waals surface area contributed by atoms with Crippen molar-refractivity contribution < 1.29 is 9.53 Å². The lowest BCUT2D eigenvalue weighted by Gasteiger charge is -2.20. The molecule has 0 N–H and O–H groups in total. The summed E-state index contributed by atoms with van der Waals surface area (Å²) in [5.41, 5.74) is 2.57. The molecule has 0 amide bonds. The fraction of sp³-hybridized carbons (Fsp3) is 0.500. The minimum absolute atomic E-state index is 0.142. The quantitative estimate of drug-likeness (QED) is 0.792. The van der Waals surface area contributed by atoms with Crippen LogP contribution >= 0.6 is 15.9 Å². The molecule has 0 aromatic heterocycles. The minimum atomic E-state index is -0.170. The van der Waals surface area contributed by atoms with Gasteiger partial charge in [0.25, 0.3) is 0 Å². The summed E-state index contributed by atoms with van der Waals surface area (Å²) in [6.45, 7) is 6.55. The van der Waals surface area contributed by atoms with E-state index in [1.54, 1.807) is 0 Å². The number of carbonyl (C=O) groups excluding carboxylic acids is 1. The summed E-state index contributed by atoms with van der Waals surface area (Å²) < 4.78 is 5.70. The predicted octanol–water partition coefficient (Wildman–Crippen LogP) is 3.85. The molecule has 3 heteroatoms. The third kappa shape index (κ3) is 4.15. The maximum Gasteiger partial charge on any atom is 0.305 e. The molecular weight excluding hydrogens is 280 g/mol. The van der Waals surface area contributed by atoms with Gasteiger partial charge in [-0.05, 0) is 29.0 Å². The highest BCUT2D eigenvalue weighted by Gasteiger charge is 2.15. The number of methoxy groups -OCH3 is 1. The summed E-state index contributed by atoms with van der Waals surface area (Å²) in [4.78, 5) is 11.1. The SMILES string of the molecule is COC(=O)CCc1ccc(C(C)(C)C)cc1Br. The predicted molar refractivity (Wildman–Crippen MR) is 73.2 cm³/mol. The number of halogens is 1. The molecule has 0 saturated carbocycles. The zero-order valence-electron chi connectivity index (χ0n) is 10.8. The summed E-state index contributed by atoms with van der Waals surface area (Å²) in [5.74, 6) is -0.170. The van der Waals surface area contributed by atoms with Gasteiger partial charge in [0.2, 0.25) is 0 Å². The van der Waals surface area contributed by atoms with Gasteiger partial charge in [-0.1, -0.05) is 48.8 Å². The maximum absolute atomic E-state index is 11.1. The smallest absolute Gasteiger partial charge is 0.305 e. The largest absolute Gasteiger partial charge is 0.469 e. The number of carbonyl (C=O) groups is 1. The van der Waals surface area contributed by atoms with E-state index in [4.69, 9.17) is 0 Å². The molecule has 0 aliphatic rings. The highest BCUT2D eigenvalue weighted by Crippen LogP contribution is 2.27. The van der Waals surface area contributed by atoms with Gasteiger partial charge < -0.3 is 4.74 Å². The van der Waals surface area contributed by atoms with Crippen molar-refractivity contribution >= 4 is 21.9 Å². The highest BCUT2D eigenvalue weighted by atomic mass is 79.9. The molecule has 0 radical (unpaired) electrons. The molecule has 17 heavy (non-hydrogen) atoms. The van der Waals surface area contributed by atoms with Gasteiger partial charge in [-0.25, -0.2) is 0 Å². The number of aryl methyl sites for hydroxylation is 1. The average Bonchev–Trinajstić information content (AvgIpc) is 2.25. The minimum Gasteiger partial charge on any atom is -0.469 e. The van der Waals surface area contributed by atoms with E-state index in [1.807, 2.05) is 0 Å². The number of ether oxygens (including phenoxy) is 1. The first kappa shape index (κ1) is 14.2. The van der Waals surface area contributed by atoms with Crippen LogP contribution in [0.15, 0.2) is 22.7 Å². The average molecular weight is 299 g/mol. The Kier molecular flexibility index (Phi) is 4.75. The van der Waals surface area contributed by atoms with Crippen molar-refractivity contribution in [2.75, 3.05) is 7.11 Å². The summed E-state index contributed by atoms with van der Waals surface area (Å²) in [6.07, 6.45) is 1.13. The molecule has 2 nitrogen and oxygen atoms in total. The van der Waals surface area contributed by atoms with Crippen LogP contribution in [0.1, 0.15) is 38.3 Å². The lowest BCUT2D eigenvalue weighted by Crippen LogP contribution is -2.11. The normalized spacial score (nSPS) is 11.4. The molecule has 0 unspecified atom stereocenters. The topological polar surface area (TPSA) is 26.3 Å². The molecule has 0 aliphatic heterocycles. The zero-order valence-corrected chi connectivity index (χ0v) is 12.4. The summed E-state index contributed by atoms with van der Waals surface area (Å²) in [5, 5.41) is 0. The van der Waals surface area contributed by atoms with E-state index in [0.717, 1.165) is 10.0 Å². The van der Waals surface area contributed by atoms with Crippen molar-refractivity contribution in [2.45, 2.75) is 39.0 Å². The molecule has 0 bridgehead atoms. The second kappa shape index (κ2) is 5.67. The Hall–Kier alpha value is -0.830. The van der Waals surface area contributed by atoms with E-state index in [0.29, 0.717) is 12.8 Å². The molecule has 1 aromatic carbocycles. The molecule has 0 spiro atoms. The summed E-state index contributed by atoms with van der Waals surface area (Å²) in [7, 11) is 1.42. The van der Waals surface area contributed by atoms with Crippen molar-refractivity contribution in [2.24, 2.45) is 0 Å². The van der Waals surface area contributed by atoms with Crippen LogP contribution < -0.4 is 0 Å². The monoisotopic (exact) mass is 298 g/mol. The lowest BCUT2D eigenvalue weighted by molar-refractivity contribution is -0.140. The highest BCUT2D eigenvalue weighted by molar-refractivity contribution is 9.10. The standard InChI is InChI=1S/C14H19BrO2/c1-14(2,3)11-7-5-10(12(15)9-11)6-8-13(16)17-4/h5,7,9H,6,8H2,1-4H3. The molecule has 0 heterocycles. The lowest BCUT2D eigenvalue weighted by atomic mass is 9.86. The van der Waals surface area contributed by atoms with Crippen LogP contribution in [0.4, 0.5) is 0 Å². The number of hydrogen-bond donors (Lipinski definition) is 0. The van der Waals surface area contributed by atoms with Gasteiger partial charge in [0.05, 0.1) is 7.11 Å². The van der Waals surface area contributed by atoms with Crippen molar-refractivity contribution in [3.63, 3.8) is 0 Å². The van der Waals surface area contributed by atoms with Crippen molar-refractivity contribution in [3.05, 3.63) is 33.8 Å². The van der Waals surface area contributed by atoms with Crippen LogP contribution in [0.3, 0.4) is 0 Å². The van der Waals surface area contributed by atoms with Gasteiger partial charge in [-0.15, -0.1) is 0 Å². The Labute approximate surface area is 111 Å². The van der Waals surface area contributed by atoms with E-state index in [9.17, 15) is 4.79 Å². The van der Waals surface area contributed by atoms with Crippen molar-refractivity contribution in [1.29, 1.82) is 0 Å². The van der Waals surface area contributed by atoms with Gasteiger partial charge in [-0.3, -0.25) is 4.79 Å². The molecule has 0 aliphatic carbocycles. The first-order valence-electron chi connectivity index (χ1n) is 5.70. The molecule has 1 rings (SSSR count). The van der Waals surface area contributed by atoms with E-state index in [1.165, 1.54) is 12.7 Å². The third-order valence-electron chi connectivity index (χ3n) is 2.75. The third-order valence-corrected chi connectivity index (χ3v) is 3.48. The molecular formula is C14H19BrO2. The molecule has 0 fully saturated rings. The van der Waals surface area contributed by atoms with E-state index in [-0.39, 0.29) is 11.4 Å². The Morgan fingerprint density at radius 2 is 2.00 bits per heavy atom. The Balaban J connectivity index is 2.80. The van der Waals surface area contributed by atoms with Gasteiger partial charge in [0, 0.05) is 10.9 Å². The van der Waals surface area contributed by atoms with Gasteiger partial charge in [-0.2, -0.15) is 0 Å². The molecule has 1 aromatic rings. The van der Waals surface area contributed by atoms with Crippen LogP contribution in [0.2, 0.25) is 0 Å². The Morgan fingerprint density at radius 1 is 1.35 bits per heavy atom. The number of benzene rings is 1. The van der Waals surface area contributed by atoms with E-state index >= 15 is 0 Å². The van der Waals surface area contributed by atoms with Crippen LogP contribution in [0, 0.1) is 0 Å². The second-order valence-electron chi connectivity index (χ2n) is 5.13.